The molecule has 1 rings (SSSR count). The number of hydrogen-bond acceptors (Lipinski definition) is 1. The van der Waals surface area contributed by atoms with E-state index in [0.717, 1.165) is 18.2 Å². The van der Waals surface area contributed by atoms with Gasteiger partial charge in [-0.05, 0) is 37.5 Å². The van der Waals surface area contributed by atoms with Crippen molar-refractivity contribution in [3.63, 3.8) is 0 Å². The molecule has 118 valence electrons. The SMILES string of the molecule is C=C(C)NCCCCC(C)(C)CCCC1CCCCC1. The molecular weight excluding hydrogens is 242 g/mol. The highest BCUT2D eigenvalue weighted by atomic mass is 14.9. The van der Waals surface area contributed by atoms with Crippen molar-refractivity contribution in [2.45, 2.75) is 91.4 Å². The molecule has 1 N–H and O–H groups in total. The first-order valence-electron chi connectivity index (χ1n) is 8.89. The summed E-state index contributed by atoms with van der Waals surface area (Å²) in [6.45, 7) is 11.9. The predicted molar refractivity (Wildman–Crippen MR) is 90.9 cm³/mol. The molecule has 0 unspecified atom stereocenters. The Hall–Kier alpha value is -0.460. The van der Waals surface area contributed by atoms with E-state index in [-0.39, 0.29) is 0 Å². The topological polar surface area (TPSA) is 12.0 Å². The van der Waals surface area contributed by atoms with Gasteiger partial charge in [-0.3, -0.25) is 0 Å². The zero-order valence-corrected chi connectivity index (χ0v) is 14.3. The molecule has 0 bridgehead atoms. The third-order valence-corrected chi connectivity index (χ3v) is 4.90. The van der Waals surface area contributed by atoms with E-state index in [1.165, 1.54) is 70.6 Å². The van der Waals surface area contributed by atoms with Gasteiger partial charge in [0, 0.05) is 12.2 Å². The lowest BCUT2D eigenvalue weighted by molar-refractivity contribution is 0.259. The van der Waals surface area contributed by atoms with Gasteiger partial charge < -0.3 is 5.32 Å². The van der Waals surface area contributed by atoms with Crippen molar-refractivity contribution in [1.29, 1.82) is 0 Å². The second kappa shape index (κ2) is 9.47. The van der Waals surface area contributed by atoms with Crippen LogP contribution in [0.4, 0.5) is 0 Å². The van der Waals surface area contributed by atoms with Gasteiger partial charge >= 0.3 is 0 Å². The Morgan fingerprint density at radius 3 is 2.35 bits per heavy atom. The molecule has 1 fully saturated rings. The molecule has 1 heteroatoms. The Labute approximate surface area is 127 Å². The first-order valence-corrected chi connectivity index (χ1v) is 8.89. The molecule has 0 heterocycles. The van der Waals surface area contributed by atoms with Crippen LogP contribution < -0.4 is 5.32 Å². The van der Waals surface area contributed by atoms with Crippen LogP contribution in [0.3, 0.4) is 0 Å². The molecule has 1 aliphatic rings. The van der Waals surface area contributed by atoms with Crippen molar-refractivity contribution in [3.05, 3.63) is 12.3 Å². The summed E-state index contributed by atoms with van der Waals surface area (Å²) >= 11 is 0. The highest BCUT2D eigenvalue weighted by Crippen LogP contribution is 2.33. The lowest BCUT2D eigenvalue weighted by Crippen LogP contribution is -2.15. The number of unbranched alkanes of at least 4 members (excludes halogenated alkanes) is 1. The molecule has 0 saturated heterocycles. The molecule has 1 aliphatic carbocycles. The molecular formula is C19H37N. The quantitative estimate of drug-likeness (QED) is 0.479. The van der Waals surface area contributed by atoms with Crippen LogP contribution >= 0.6 is 0 Å². The monoisotopic (exact) mass is 279 g/mol. The zero-order chi connectivity index (χ0) is 14.8. The average molecular weight is 280 g/mol. The minimum absolute atomic E-state index is 0.540. The maximum absolute atomic E-state index is 3.88. The van der Waals surface area contributed by atoms with E-state index in [9.17, 15) is 0 Å². The van der Waals surface area contributed by atoms with E-state index in [0.29, 0.717) is 5.41 Å². The van der Waals surface area contributed by atoms with Gasteiger partial charge in [0.15, 0.2) is 0 Å². The van der Waals surface area contributed by atoms with E-state index in [4.69, 9.17) is 0 Å². The Bertz CT molecular complexity index is 261. The summed E-state index contributed by atoms with van der Waals surface area (Å²) in [4.78, 5) is 0. The van der Waals surface area contributed by atoms with Crippen LogP contribution in [0.15, 0.2) is 12.3 Å². The Morgan fingerprint density at radius 2 is 1.70 bits per heavy atom. The fourth-order valence-corrected chi connectivity index (χ4v) is 3.50. The van der Waals surface area contributed by atoms with Gasteiger partial charge in [0.05, 0.1) is 0 Å². The van der Waals surface area contributed by atoms with E-state index in [1.54, 1.807) is 0 Å². The van der Waals surface area contributed by atoms with Crippen LogP contribution in [0.25, 0.3) is 0 Å². The smallest absolute Gasteiger partial charge is 0.0143 e. The van der Waals surface area contributed by atoms with Gasteiger partial charge in [-0.25, -0.2) is 0 Å². The molecule has 0 aromatic carbocycles. The number of rotatable bonds is 10. The van der Waals surface area contributed by atoms with Gasteiger partial charge in [0.25, 0.3) is 0 Å². The molecule has 20 heavy (non-hydrogen) atoms. The minimum Gasteiger partial charge on any atom is -0.389 e. The van der Waals surface area contributed by atoms with Crippen LogP contribution in [0, 0.1) is 11.3 Å². The van der Waals surface area contributed by atoms with E-state index in [2.05, 4.69) is 25.7 Å². The minimum atomic E-state index is 0.540. The molecule has 0 aliphatic heterocycles. The Balaban J connectivity index is 2.03. The van der Waals surface area contributed by atoms with Gasteiger partial charge in [0.1, 0.15) is 0 Å². The van der Waals surface area contributed by atoms with Crippen LogP contribution in [0.5, 0.6) is 0 Å². The molecule has 0 atom stereocenters. The van der Waals surface area contributed by atoms with E-state index < -0.39 is 0 Å². The normalized spacial score (nSPS) is 17.1. The van der Waals surface area contributed by atoms with E-state index in [1.807, 2.05) is 6.92 Å². The van der Waals surface area contributed by atoms with Crippen molar-refractivity contribution in [1.82, 2.24) is 5.32 Å². The third kappa shape index (κ3) is 8.66. The van der Waals surface area contributed by atoms with Crippen molar-refractivity contribution in [3.8, 4) is 0 Å². The summed E-state index contributed by atoms with van der Waals surface area (Å²) in [5.74, 6) is 1.05. The van der Waals surface area contributed by atoms with Gasteiger partial charge in [-0.15, -0.1) is 0 Å². The summed E-state index contributed by atoms with van der Waals surface area (Å²) in [6, 6.07) is 0. The standard InChI is InChI=1S/C19H37N/c1-17(2)20-16-9-8-14-19(3,4)15-10-13-18-11-6-5-7-12-18/h18,20H,1,5-16H2,2-4H3. The second-order valence-electron chi connectivity index (χ2n) is 7.72. The number of allylic oxidation sites excluding steroid dienone is 1. The largest absolute Gasteiger partial charge is 0.389 e. The van der Waals surface area contributed by atoms with Crippen molar-refractivity contribution in [2.24, 2.45) is 11.3 Å². The molecule has 0 aromatic heterocycles. The molecule has 0 spiro atoms. The molecule has 0 radical (unpaired) electrons. The second-order valence-corrected chi connectivity index (χ2v) is 7.72. The molecule has 0 aromatic rings. The zero-order valence-electron chi connectivity index (χ0n) is 14.3. The van der Waals surface area contributed by atoms with E-state index >= 15 is 0 Å². The number of hydrogen-bond donors (Lipinski definition) is 1. The predicted octanol–water partition coefficient (Wildman–Crippen LogP) is 6.06. The van der Waals surface area contributed by atoms with Crippen molar-refractivity contribution in [2.75, 3.05) is 6.54 Å². The Morgan fingerprint density at radius 1 is 1.05 bits per heavy atom. The molecule has 1 nitrogen and oxygen atoms in total. The summed E-state index contributed by atoms with van der Waals surface area (Å²) in [7, 11) is 0. The first kappa shape index (κ1) is 17.6. The van der Waals surface area contributed by atoms with Crippen molar-refractivity contribution < 1.29 is 0 Å². The fourth-order valence-electron chi connectivity index (χ4n) is 3.50. The average Bonchev–Trinajstić information content (AvgIpc) is 2.39. The van der Waals surface area contributed by atoms with Crippen LogP contribution in [-0.2, 0) is 0 Å². The summed E-state index contributed by atoms with van der Waals surface area (Å²) in [5, 5.41) is 3.32. The van der Waals surface area contributed by atoms with Crippen LogP contribution in [-0.4, -0.2) is 6.54 Å². The first-order chi connectivity index (χ1) is 9.49. The number of nitrogens with one attached hydrogen (secondary N) is 1. The lowest BCUT2D eigenvalue weighted by atomic mass is 9.79. The van der Waals surface area contributed by atoms with Crippen LogP contribution in [0.1, 0.15) is 91.4 Å². The summed E-state index contributed by atoms with van der Waals surface area (Å²) < 4.78 is 0. The maximum Gasteiger partial charge on any atom is 0.0143 e. The highest BCUT2D eigenvalue weighted by molar-refractivity contribution is 4.83. The van der Waals surface area contributed by atoms with Gasteiger partial charge in [-0.1, -0.05) is 71.8 Å². The molecule has 1 saturated carbocycles. The summed E-state index contributed by atoms with van der Waals surface area (Å²) in [5.41, 5.74) is 1.63. The molecule has 0 amide bonds. The van der Waals surface area contributed by atoms with Crippen LogP contribution in [0.2, 0.25) is 0 Å². The summed E-state index contributed by atoms with van der Waals surface area (Å²) in [6.07, 6.45) is 15.8. The van der Waals surface area contributed by atoms with Gasteiger partial charge in [0.2, 0.25) is 0 Å². The highest BCUT2D eigenvalue weighted by Gasteiger charge is 2.19. The lowest BCUT2D eigenvalue weighted by Gasteiger charge is -2.27. The maximum atomic E-state index is 3.88. The van der Waals surface area contributed by atoms with Crippen molar-refractivity contribution >= 4 is 0 Å². The van der Waals surface area contributed by atoms with Gasteiger partial charge in [-0.2, -0.15) is 0 Å². The fraction of sp³-hybridized carbons (Fsp3) is 0.895. The third-order valence-electron chi connectivity index (χ3n) is 4.90. The Kier molecular flexibility index (Phi) is 8.33.